The summed E-state index contributed by atoms with van der Waals surface area (Å²) in [6, 6.07) is 0.216. The van der Waals surface area contributed by atoms with E-state index < -0.39 is 0 Å². The van der Waals surface area contributed by atoms with Crippen molar-refractivity contribution in [2.45, 2.75) is 50.9 Å². The molecule has 4 N–H and O–H groups in total. The van der Waals surface area contributed by atoms with E-state index in [0.29, 0.717) is 0 Å². The Kier molecular flexibility index (Phi) is 5.41. The van der Waals surface area contributed by atoms with Gasteiger partial charge in [0.1, 0.15) is 0 Å². The van der Waals surface area contributed by atoms with Crippen LogP contribution in [0.2, 0.25) is 0 Å². The van der Waals surface area contributed by atoms with Gasteiger partial charge in [0.2, 0.25) is 11.9 Å². The molecule has 0 bridgehead atoms. The number of guanidine groups is 2. The molecule has 0 spiro atoms. The zero-order valence-corrected chi connectivity index (χ0v) is 11.1. The highest BCUT2D eigenvalue weighted by Crippen LogP contribution is 2.24. The summed E-state index contributed by atoms with van der Waals surface area (Å²) >= 11 is 6.02. The van der Waals surface area contributed by atoms with Crippen molar-refractivity contribution in [3.05, 3.63) is 0 Å². The van der Waals surface area contributed by atoms with Crippen LogP contribution in [0.3, 0.4) is 0 Å². The van der Waals surface area contributed by atoms with Gasteiger partial charge in [-0.25, -0.2) is 9.98 Å². The molecule has 0 radical (unpaired) electrons. The highest BCUT2D eigenvalue weighted by molar-refractivity contribution is 6.20. The van der Waals surface area contributed by atoms with Crippen molar-refractivity contribution in [2.75, 3.05) is 0 Å². The number of rotatable bonds is 1. The fourth-order valence-corrected chi connectivity index (χ4v) is 2.00. The molecule has 0 aromatic heterocycles. The van der Waals surface area contributed by atoms with Crippen LogP contribution in [0.25, 0.3) is 0 Å². The average molecular weight is 258 g/mol. The number of nitrogens with zero attached hydrogens (tertiary/aromatic N) is 3. The molecule has 1 aliphatic carbocycles. The minimum atomic E-state index is 0.150. The lowest BCUT2D eigenvalue weighted by molar-refractivity contribution is 0.448. The van der Waals surface area contributed by atoms with Crippen molar-refractivity contribution in [1.29, 1.82) is 0 Å². The second kappa shape index (κ2) is 6.59. The Hall–Kier alpha value is -1.10. The Labute approximate surface area is 107 Å². The summed E-state index contributed by atoms with van der Waals surface area (Å²) < 4.78 is 0. The number of nitrogens with two attached hydrogens (primary N) is 2. The molecule has 0 unspecified atom stereocenters. The van der Waals surface area contributed by atoms with Gasteiger partial charge < -0.3 is 11.5 Å². The minimum Gasteiger partial charge on any atom is -0.368 e. The minimum absolute atomic E-state index is 0.150. The number of halogens is 1. The van der Waals surface area contributed by atoms with Crippen molar-refractivity contribution in [3.8, 4) is 0 Å². The van der Waals surface area contributed by atoms with Crippen LogP contribution in [0.4, 0.5) is 0 Å². The maximum absolute atomic E-state index is 6.02. The summed E-state index contributed by atoms with van der Waals surface area (Å²) in [7, 11) is 0. The van der Waals surface area contributed by atoms with E-state index in [-0.39, 0.29) is 23.3 Å². The van der Waals surface area contributed by atoms with E-state index in [1.807, 2.05) is 13.8 Å². The van der Waals surface area contributed by atoms with Gasteiger partial charge in [0.05, 0.1) is 6.04 Å². The smallest absolute Gasteiger partial charge is 0.223 e. The Morgan fingerprint density at radius 1 is 1.00 bits per heavy atom. The van der Waals surface area contributed by atoms with Gasteiger partial charge >= 0.3 is 0 Å². The monoisotopic (exact) mass is 257 g/mol. The largest absolute Gasteiger partial charge is 0.368 e. The first kappa shape index (κ1) is 14.0. The molecule has 1 saturated carbocycles. The molecule has 6 heteroatoms. The summed E-state index contributed by atoms with van der Waals surface area (Å²) in [6.07, 6.45) is 3.88. The zero-order chi connectivity index (χ0) is 12.8. The Bertz CT molecular complexity index is 336. The van der Waals surface area contributed by atoms with Gasteiger partial charge in [-0.1, -0.05) is 0 Å². The molecular formula is C11H20ClN5. The van der Waals surface area contributed by atoms with Gasteiger partial charge in [-0.05, 0) is 39.5 Å². The number of hydrogen-bond donors (Lipinski definition) is 2. The van der Waals surface area contributed by atoms with Crippen LogP contribution in [0, 0.1) is 0 Å². The fraction of sp³-hybridized carbons (Fsp3) is 0.727. The Morgan fingerprint density at radius 2 is 1.59 bits per heavy atom. The van der Waals surface area contributed by atoms with Crippen molar-refractivity contribution in [2.24, 2.45) is 26.4 Å². The molecule has 0 amide bonds. The zero-order valence-electron chi connectivity index (χ0n) is 10.4. The summed E-state index contributed by atoms with van der Waals surface area (Å²) in [4.78, 5) is 12.2. The molecule has 0 atom stereocenters. The highest BCUT2D eigenvalue weighted by atomic mass is 35.5. The standard InChI is InChI=1S/C11H20ClN5/c1-7(2)15-10(13)17-11(14)16-9-5-3-8(12)4-6-9/h8-9H,3-6H2,1-2H3,(H4,13,14,16,17). The van der Waals surface area contributed by atoms with Crippen molar-refractivity contribution in [1.82, 2.24) is 0 Å². The molecule has 0 aliphatic heterocycles. The van der Waals surface area contributed by atoms with Crippen LogP contribution in [0.1, 0.15) is 39.5 Å². The second-order valence-electron chi connectivity index (χ2n) is 4.42. The van der Waals surface area contributed by atoms with Crippen LogP contribution in [-0.4, -0.2) is 29.0 Å². The predicted molar refractivity (Wildman–Crippen MR) is 73.9 cm³/mol. The van der Waals surface area contributed by atoms with Crippen molar-refractivity contribution < 1.29 is 0 Å². The molecule has 1 fully saturated rings. The van der Waals surface area contributed by atoms with Crippen molar-refractivity contribution >= 4 is 29.2 Å². The van der Waals surface area contributed by atoms with Gasteiger partial charge in [0, 0.05) is 11.1 Å². The summed E-state index contributed by atoms with van der Waals surface area (Å²) in [5.41, 5.74) is 12.1. The molecular weight excluding hydrogens is 238 g/mol. The summed E-state index contributed by atoms with van der Waals surface area (Å²) in [5, 5.41) is 0.281. The van der Waals surface area contributed by atoms with Crippen LogP contribution < -0.4 is 11.5 Å². The Balaban J connectivity index is 2.57. The molecule has 0 saturated heterocycles. The first-order chi connectivity index (χ1) is 7.97. The van der Waals surface area contributed by atoms with Gasteiger partial charge in [0.25, 0.3) is 0 Å². The number of alkyl halides is 1. The second-order valence-corrected chi connectivity index (χ2v) is 5.04. The quantitative estimate of drug-likeness (QED) is 0.425. The van der Waals surface area contributed by atoms with Gasteiger partial charge in [-0.3, -0.25) is 0 Å². The Morgan fingerprint density at radius 3 is 2.12 bits per heavy atom. The van der Waals surface area contributed by atoms with E-state index in [9.17, 15) is 0 Å². The van der Waals surface area contributed by atoms with E-state index in [2.05, 4.69) is 15.0 Å². The first-order valence-corrected chi connectivity index (χ1v) is 6.24. The third kappa shape index (κ3) is 5.68. The lowest BCUT2D eigenvalue weighted by Crippen LogP contribution is -2.23. The molecule has 96 valence electrons. The molecule has 0 aromatic rings. The van der Waals surface area contributed by atoms with E-state index >= 15 is 0 Å². The third-order valence-electron chi connectivity index (χ3n) is 2.51. The lowest BCUT2D eigenvalue weighted by atomic mass is 9.96. The first-order valence-electron chi connectivity index (χ1n) is 5.80. The van der Waals surface area contributed by atoms with Gasteiger partial charge in [-0.2, -0.15) is 4.99 Å². The van der Waals surface area contributed by atoms with Crippen LogP contribution >= 0.6 is 11.6 Å². The van der Waals surface area contributed by atoms with E-state index in [1.54, 1.807) is 0 Å². The van der Waals surface area contributed by atoms with E-state index in [0.717, 1.165) is 31.4 Å². The fourth-order valence-electron chi connectivity index (χ4n) is 1.75. The summed E-state index contributed by atoms with van der Waals surface area (Å²) in [6.45, 7) is 3.69. The van der Waals surface area contributed by atoms with Crippen LogP contribution in [-0.2, 0) is 0 Å². The molecule has 0 aromatic carbocycles. The topological polar surface area (TPSA) is 89.1 Å². The molecule has 5 nitrogen and oxygen atoms in total. The molecule has 0 heterocycles. The molecule has 17 heavy (non-hydrogen) atoms. The SMILES string of the molecule is CC(C)=NC(N)=NC(N)=NC1CCC(Cl)CC1. The third-order valence-corrected chi connectivity index (χ3v) is 2.94. The van der Waals surface area contributed by atoms with E-state index in [1.165, 1.54) is 0 Å². The average Bonchev–Trinajstić information content (AvgIpc) is 2.19. The number of hydrogen-bond acceptors (Lipinski definition) is 1. The normalized spacial score (nSPS) is 26.8. The van der Waals surface area contributed by atoms with Gasteiger partial charge in [-0.15, -0.1) is 11.6 Å². The van der Waals surface area contributed by atoms with Crippen LogP contribution in [0.5, 0.6) is 0 Å². The predicted octanol–water partition coefficient (Wildman–Crippen LogP) is 1.65. The van der Waals surface area contributed by atoms with E-state index in [4.69, 9.17) is 23.1 Å². The maximum atomic E-state index is 6.02. The molecule has 1 rings (SSSR count). The lowest BCUT2D eigenvalue weighted by Gasteiger charge is -2.21. The highest BCUT2D eigenvalue weighted by Gasteiger charge is 2.18. The molecule has 1 aliphatic rings. The summed E-state index contributed by atoms with van der Waals surface area (Å²) in [5.74, 6) is 0.350. The van der Waals surface area contributed by atoms with Crippen molar-refractivity contribution in [3.63, 3.8) is 0 Å². The maximum Gasteiger partial charge on any atom is 0.223 e. The number of aliphatic imine (C=N–C) groups is 3. The van der Waals surface area contributed by atoms with Crippen LogP contribution in [0.15, 0.2) is 15.0 Å². The van der Waals surface area contributed by atoms with Gasteiger partial charge in [0.15, 0.2) is 0 Å².